The molecule has 0 N–H and O–H groups in total. The highest BCUT2D eigenvalue weighted by molar-refractivity contribution is 7.99. The third-order valence-corrected chi connectivity index (χ3v) is 7.13. The number of thioether (sulfide) groups is 1. The lowest BCUT2D eigenvalue weighted by Gasteiger charge is -2.16. The Morgan fingerprint density at radius 1 is 1.26 bits per heavy atom. The average molecular weight is 402 g/mol. The maximum atomic E-state index is 12.6. The lowest BCUT2D eigenvalue weighted by Crippen LogP contribution is -2.30. The minimum Gasteiger partial charge on any atom is -0.431 e. The van der Waals surface area contributed by atoms with Gasteiger partial charge in [0.2, 0.25) is 5.91 Å². The molecule has 27 heavy (non-hydrogen) atoms. The molecule has 140 valence electrons. The molecule has 2 heterocycles. The standard InChI is InChI=1S/C19H18N2O4S2/c1-2-27(23,24)14-7-8-17-15(11-14)20-19(25-17)26-12-18(22)21-10-9-13-5-3-4-6-16(13)21/h3-8,11H,2,9-10,12H2,1H3. The number of oxazole rings is 1. The van der Waals surface area contributed by atoms with Crippen molar-refractivity contribution in [1.29, 1.82) is 0 Å². The van der Waals surface area contributed by atoms with E-state index in [0.29, 0.717) is 22.9 Å². The summed E-state index contributed by atoms with van der Waals surface area (Å²) < 4.78 is 29.6. The van der Waals surface area contributed by atoms with Crippen molar-refractivity contribution in [1.82, 2.24) is 4.98 Å². The van der Waals surface area contributed by atoms with Gasteiger partial charge in [0.25, 0.3) is 5.22 Å². The molecule has 1 aromatic heterocycles. The topological polar surface area (TPSA) is 80.5 Å². The fourth-order valence-corrected chi connectivity index (χ4v) is 4.72. The Hall–Kier alpha value is -2.32. The number of carbonyl (C=O) groups excluding carboxylic acids is 1. The molecule has 0 atom stereocenters. The Kier molecular flexibility index (Phi) is 4.69. The first-order valence-electron chi connectivity index (χ1n) is 8.62. The summed E-state index contributed by atoms with van der Waals surface area (Å²) in [7, 11) is -3.29. The summed E-state index contributed by atoms with van der Waals surface area (Å²) in [5, 5.41) is 0.358. The Morgan fingerprint density at radius 3 is 2.89 bits per heavy atom. The summed E-state index contributed by atoms with van der Waals surface area (Å²) in [6, 6.07) is 12.5. The van der Waals surface area contributed by atoms with E-state index < -0.39 is 9.84 Å². The molecular formula is C19H18N2O4S2. The molecule has 8 heteroatoms. The first kappa shape index (κ1) is 18.1. The van der Waals surface area contributed by atoms with Crippen molar-refractivity contribution < 1.29 is 17.6 Å². The molecule has 0 saturated heterocycles. The third-order valence-electron chi connectivity index (χ3n) is 4.59. The van der Waals surface area contributed by atoms with Crippen LogP contribution in [0.15, 0.2) is 57.0 Å². The van der Waals surface area contributed by atoms with Crippen LogP contribution in [0, 0.1) is 0 Å². The number of para-hydroxylation sites is 1. The second-order valence-electron chi connectivity index (χ2n) is 6.23. The molecule has 0 saturated carbocycles. The van der Waals surface area contributed by atoms with Crippen LogP contribution in [-0.2, 0) is 21.1 Å². The van der Waals surface area contributed by atoms with E-state index in [2.05, 4.69) is 4.98 Å². The van der Waals surface area contributed by atoms with Gasteiger partial charge in [0.05, 0.1) is 16.4 Å². The molecule has 0 aliphatic carbocycles. The smallest absolute Gasteiger partial charge is 0.257 e. The fraction of sp³-hybridized carbons (Fsp3) is 0.263. The predicted octanol–water partition coefficient (Wildman–Crippen LogP) is 3.30. The number of rotatable bonds is 5. The highest BCUT2D eigenvalue weighted by Gasteiger charge is 2.24. The molecule has 6 nitrogen and oxygen atoms in total. The number of sulfone groups is 1. The largest absolute Gasteiger partial charge is 0.431 e. The van der Waals surface area contributed by atoms with Gasteiger partial charge in [-0.1, -0.05) is 36.9 Å². The zero-order valence-corrected chi connectivity index (χ0v) is 16.3. The summed E-state index contributed by atoms with van der Waals surface area (Å²) in [6.07, 6.45) is 0.865. The Morgan fingerprint density at radius 2 is 2.07 bits per heavy atom. The summed E-state index contributed by atoms with van der Waals surface area (Å²) in [6.45, 7) is 2.29. The number of hydrogen-bond acceptors (Lipinski definition) is 6. The van der Waals surface area contributed by atoms with E-state index in [-0.39, 0.29) is 22.3 Å². The van der Waals surface area contributed by atoms with E-state index in [1.165, 1.54) is 29.5 Å². The van der Waals surface area contributed by atoms with Gasteiger partial charge in [-0.3, -0.25) is 4.79 Å². The van der Waals surface area contributed by atoms with Crippen LogP contribution >= 0.6 is 11.8 Å². The molecule has 1 aliphatic heterocycles. The van der Waals surface area contributed by atoms with Gasteiger partial charge in [0.1, 0.15) is 5.52 Å². The van der Waals surface area contributed by atoms with Gasteiger partial charge in [-0.25, -0.2) is 13.4 Å². The van der Waals surface area contributed by atoms with E-state index in [9.17, 15) is 13.2 Å². The Bertz CT molecular complexity index is 1120. The number of carbonyl (C=O) groups is 1. The number of nitrogens with zero attached hydrogens (tertiary/aromatic N) is 2. The lowest BCUT2D eigenvalue weighted by atomic mass is 10.2. The van der Waals surface area contributed by atoms with Crippen LogP contribution in [0.1, 0.15) is 12.5 Å². The molecule has 3 aromatic rings. The maximum absolute atomic E-state index is 12.6. The lowest BCUT2D eigenvalue weighted by molar-refractivity contribution is -0.116. The molecule has 0 fully saturated rings. The Balaban J connectivity index is 1.49. The summed E-state index contributed by atoms with van der Waals surface area (Å²) in [4.78, 5) is 18.9. The molecule has 0 bridgehead atoms. The molecular weight excluding hydrogens is 384 g/mol. The first-order valence-corrected chi connectivity index (χ1v) is 11.3. The summed E-state index contributed by atoms with van der Waals surface area (Å²) in [5.41, 5.74) is 3.13. The highest BCUT2D eigenvalue weighted by atomic mass is 32.2. The minimum absolute atomic E-state index is 0.00135. The number of amides is 1. The van der Waals surface area contributed by atoms with Crippen molar-refractivity contribution in [3.05, 3.63) is 48.0 Å². The van der Waals surface area contributed by atoms with Crippen molar-refractivity contribution >= 4 is 44.3 Å². The Labute approximate surface area is 161 Å². The third kappa shape index (κ3) is 3.46. The van der Waals surface area contributed by atoms with Gasteiger partial charge in [-0.2, -0.15) is 0 Å². The monoisotopic (exact) mass is 402 g/mol. The van der Waals surface area contributed by atoms with E-state index in [4.69, 9.17) is 4.42 Å². The van der Waals surface area contributed by atoms with Crippen molar-refractivity contribution in [2.24, 2.45) is 0 Å². The van der Waals surface area contributed by atoms with Crippen LogP contribution in [0.5, 0.6) is 0 Å². The molecule has 1 amide bonds. The zero-order chi connectivity index (χ0) is 19.0. The highest BCUT2D eigenvalue weighted by Crippen LogP contribution is 2.30. The number of aromatic nitrogens is 1. The molecule has 2 aromatic carbocycles. The predicted molar refractivity (Wildman–Crippen MR) is 105 cm³/mol. The molecule has 0 spiro atoms. The second kappa shape index (κ2) is 7.01. The molecule has 1 aliphatic rings. The van der Waals surface area contributed by atoms with E-state index in [0.717, 1.165) is 12.1 Å². The van der Waals surface area contributed by atoms with Crippen LogP contribution in [0.2, 0.25) is 0 Å². The van der Waals surface area contributed by atoms with Gasteiger partial charge < -0.3 is 9.32 Å². The average Bonchev–Trinajstić information content (AvgIpc) is 3.29. The van der Waals surface area contributed by atoms with Gasteiger partial charge in [0.15, 0.2) is 15.4 Å². The van der Waals surface area contributed by atoms with Crippen LogP contribution in [-0.4, -0.2) is 37.4 Å². The van der Waals surface area contributed by atoms with Gasteiger partial charge in [-0.05, 0) is 36.2 Å². The van der Waals surface area contributed by atoms with Gasteiger partial charge >= 0.3 is 0 Å². The van der Waals surface area contributed by atoms with Crippen molar-refractivity contribution in [2.45, 2.75) is 23.5 Å². The summed E-state index contributed by atoms with van der Waals surface area (Å²) in [5.74, 6) is 0.242. The van der Waals surface area contributed by atoms with E-state index >= 15 is 0 Å². The van der Waals surface area contributed by atoms with Crippen LogP contribution in [0.3, 0.4) is 0 Å². The number of benzene rings is 2. The van der Waals surface area contributed by atoms with Gasteiger partial charge in [-0.15, -0.1) is 0 Å². The normalized spacial score (nSPS) is 13.9. The maximum Gasteiger partial charge on any atom is 0.257 e. The van der Waals surface area contributed by atoms with E-state index in [1.54, 1.807) is 17.9 Å². The van der Waals surface area contributed by atoms with E-state index in [1.807, 2.05) is 24.3 Å². The number of fused-ring (bicyclic) bond motifs is 2. The van der Waals surface area contributed by atoms with Crippen molar-refractivity contribution in [3.63, 3.8) is 0 Å². The molecule has 0 unspecified atom stereocenters. The number of hydrogen-bond donors (Lipinski definition) is 0. The second-order valence-corrected chi connectivity index (χ2v) is 9.43. The van der Waals surface area contributed by atoms with Crippen LogP contribution in [0.4, 0.5) is 5.69 Å². The molecule has 0 radical (unpaired) electrons. The fourth-order valence-electron chi connectivity index (χ4n) is 3.11. The van der Waals surface area contributed by atoms with Crippen LogP contribution in [0.25, 0.3) is 11.1 Å². The quantitative estimate of drug-likeness (QED) is 0.609. The SMILES string of the molecule is CCS(=O)(=O)c1ccc2oc(SCC(=O)N3CCc4ccccc43)nc2c1. The van der Waals surface area contributed by atoms with Gasteiger partial charge in [0, 0.05) is 12.2 Å². The van der Waals surface area contributed by atoms with Crippen molar-refractivity contribution in [2.75, 3.05) is 23.0 Å². The molecule has 4 rings (SSSR count). The zero-order valence-electron chi connectivity index (χ0n) is 14.7. The summed E-state index contributed by atoms with van der Waals surface area (Å²) >= 11 is 1.22. The number of anilines is 1. The van der Waals surface area contributed by atoms with Crippen molar-refractivity contribution in [3.8, 4) is 0 Å². The van der Waals surface area contributed by atoms with Crippen LogP contribution < -0.4 is 4.90 Å². The minimum atomic E-state index is -3.29. The first-order chi connectivity index (χ1) is 13.0.